The molecule has 0 amide bonds. The van der Waals surface area contributed by atoms with Gasteiger partial charge < -0.3 is 21.4 Å². The number of nitrogens with zero attached hydrogens (tertiary/aromatic N) is 4. The van der Waals surface area contributed by atoms with E-state index in [9.17, 15) is 4.79 Å². The van der Waals surface area contributed by atoms with Gasteiger partial charge in [0.05, 0.1) is 5.69 Å². The summed E-state index contributed by atoms with van der Waals surface area (Å²) in [6.45, 7) is 2.73. The van der Waals surface area contributed by atoms with Crippen molar-refractivity contribution < 1.29 is 0 Å². The fourth-order valence-corrected chi connectivity index (χ4v) is 3.94. The maximum absolute atomic E-state index is 12.3. The largest absolute Gasteiger partial charge is 0.370 e. The van der Waals surface area contributed by atoms with Crippen LogP contribution in [0, 0.1) is 6.92 Å². The third-order valence-corrected chi connectivity index (χ3v) is 5.35. The van der Waals surface area contributed by atoms with E-state index in [2.05, 4.69) is 24.8 Å². The molecule has 0 aliphatic rings. The number of rotatable bonds is 9. The SMILES string of the molecule is Cc1nc(CCSCc2csc(N=C(N)N)n2)[nH]c(=O)c1CCN(C)C. The highest BCUT2D eigenvalue weighted by atomic mass is 32.2. The van der Waals surface area contributed by atoms with Crippen molar-refractivity contribution in [1.29, 1.82) is 0 Å². The minimum Gasteiger partial charge on any atom is -0.370 e. The number of guanidine groups is 1. The Hall–Kier alpha value is -1.91. The maximum Gasteiger partial charge on any atom is 0.254 e. The molecule has 2 aromatic heterocycles. The minimum absolute atomic E-state index is 0.0120. The predicted octanol–water partition coefficient (Wildman–Crippen LogP) is 1.02. The smallest absolute Gasteiger partial charge is 0.254 e. The first kappa shape index (κ1) is 20.4. The Morgan fingerprint density at radius 1 is 1.35 bits per heavy atom. The second kappa shape index (κ2) is 9.70. The van der Waals surface area contributed by atoms with Gasteiger partial charge in [-0.3, -0.25) is 4.79 Å². The molecule has 2 rings (SSSR count). The number of hydrogen-bond acceptors (Lipinski definition) is 7. The molecule has 0 aromatic carbocycles. The summed E-state index contributed by atoms with van der Waals surface area (Å²) in [5, 5.41) is 2.51. The molecule has 0 saturated heterocycles. The van der Waals surface area contributed by atoms with Crippen molar-refractivity contribution in [2.45, 2.75) is 25.5 Å². The molecule has 5 N–H and O–H groups in total. The third kappa shape index (κ3) is 6.43. The van der Waals surface area contributed by atoms with E-state index >= 15 is 0 Å². The molecule has 10 heteroatoms. The molecule has 0 unspecified atom stereocenters. The van der Waals surface area contributed by atoms with Gasteiger partial charge in [0.1, 0.15) is 5.82 Å². The van der Waals surface area contributed by atoms with Crippen LogP contribution in [0.15, 0.2) is 15.2 Å². The van der Waals surface area contributed by atoms with Gasteiger partial charge in [-0.25, -0.2) is 9.97 Å². The number of likely N-dealkylation sites (N-methyl/N-ethyl adjacent to an activating group) is 1. The summed E-state index contributed by atoms with van der Waals surface area (Å²) in [7, 11) is 3.98. The molecular weight excluding hydrogens is 370 g/mol. The lowest BCUT2D eigenvalue weighted by Crippen LogP contribution is -2.24. The summed E-state index contributed by atoms with van der Waals surface area (Å²) in [6.07, 6.45) is 1.41. The lowest BCUT2D eigenvalue weighted by atomic mass is 10.1. The second-order valence-corrected chi connectivity index (χ2v) is 8.03. The Balaban J connectivity index is 1.85. The molecule has 0 bridgehead atoms. The van der Waals surface area contributed by atoms with Gasteiger partial charge in [0.25, 0.3) is 5.56 Å². The minimum atomic E-state index is -0.0271. The molecule has 0 atom stereocenters. The number of nitrogens with one attached hydrogen (secondary N) is 1. The Morgan fingerprint density at radius 2 is 2.12 bits per heavy atom. The molecule has 0 fully saturated rings. The highest BCUT2D eigenvalue weighted by Gasteiger charge is 2.09. The van der Waals surface area contributed by atoms with Gasteiger partial charge in [0, 0.05) is 41.1 Å². The van der Waals surface area contributed by atoms with Crippen molar-refractivity contribution in [2.75, 3.05) is 26.4 Å². The van der Waals surface area contributed by atoms with Crippen LogP contribution < -0.4 is 17.0 Å². The Kier molecular flexibility index (Phi) is 7.61. The van der Waals surface area contributed by atoms with Crippen molar-refractivity contribution in [3.63, 3.8) is 0 Å². The van der Waals surface area contributed by atoms with Crippen LogP contribution in [-0.2, 0) is 18.6 Å². The molecule has 0 saturated carbocycles. The Labute approximate surface area is 161 Å². The second-order valence-electron chi connectivity index (χ2n) is 6.09. The van der Waals surface area contributed by atoms with Gasteiger partial charge in [-0.2, -0.15) is 16.8 Å². The van der Waals surface area contributed by atoms with E-state index in [1.807, 2.05) is 26.4 Å². The average Bonchev–Trinajstić information content (AvgIpc) is 2.97. The first-order valence-corrected chi connectivity index (χ1v) is 10.2. The van der Waals surface area contributed by atoms with Gasteiger partial charge in [-0.1, -0.05) is 0 Å². The number of aryl methyl sites for hydroxylation is 2. The number of thiazole rings is 1. The Bertz CT molecular complexity index is 809. The third-order valence-electron chi connectivity index (χ3n) is 3.58. The first-order chi connectivity index (χ1) is 12.3. The normalized spacial score (nSPS) is 11.1. The molecule has 2 aromatic rings. The number of aliphatic imine (C=N–C) groups is 1. The standard InChI is InChI=1S/C16H25N7OS2/c1-10-12(4-6-23(2)3)14(24)21-13(19-10)5-7-25-8-11-9-26-16(20-11)22-15(17)18/h9H,4-8H2,1-3H3,(H,19,21,24)(H4,17,18,20,22). The number of H-pyrrole nitrogens is 1. The van der Waals surface area contributed by atoms with E-state index < -0.39 is 0 Å². The molecule has 8 nitrogen and oxygen atoms in total. The van der Waals surface area contributed by atoms with Gasteiger partial charge in [0.2, 0.25) is 5.13 Å². The molecule has 2 heterocycles. The quantitative estimate of drug-likeness (QED) is 0.329. The summed E-state index contributed by atoms with van der Waals surface area (Å²) in [6, 6.07) is 0. The zero-order valence-corrected chi connectivity index (χ0v) is 16.9. The van der Waals surface area contributed by atoms with Gasteiger partial charge >= 0.3 is 0 Å². The zero-order valence-electron chi connectivity index (χ0n) is 15.3. The lowest BCUT2D eigenvalue weighted by Gasteiger charge is -2.11. The topological polar surface area (TPSA) is 126 Å². The molecule has 0 radical (unpaired) electrons. The van der Waals surface area contributed by atoms with Crippen LogP contribution in [0.1, 0.15) is 22.8 Å². The van der Waals surface area contributed by atoms with Gasteiger partial charge in [-0.05, 0) is 27.4 Å². The fourth-order valence-electron chi connectivity index (χ4n) is 2.29. The summed E-state index contributed by atoms with van der Waals surface area (Å²) in [5.74, 6) is 2.35. The highest BCUT2D eigenvalue weighted by molar-refractivity contribution is 7.98. The van der Waals surface area contributed by atoms with Crippen LogP contribution >= 0.6 is 23.1 Å². The molecule has 0 aliphatic heterocycles. The van der Waals surface area contributed by atoms with Crippen molar-refractivity contribution in [2.24, 2.45) is 16.5 Å². The van der Waals surface area contributed by atoms with Crippen LogP contribution in [0.2, 0.25) is 0 Å². The average molecular weight is 396 g/mol. The summed E-state index contributed by atoms with van der Waals surface area (Å²) in [4.78, 5) is 30.0. The van der Waals surface area contributed by atoms with E-state index in [0.717, 1.165) is 40.8 Å². The number of hydrogen-bond donors (Lipinski definition) is 3. The number of aromatic amines is 1. The number of aromatic nitrogens is 3. The summed E-state index contributed by atoms with van der Waals surface area (Å²) >= 11 is 3.14. The zero-order chi connectivity index (χ0) is 19.1. The van der Waals surface area contributed by atoms with Crippen LogP contribution in [0.25, 0.3) is 0 Å². The van der Waals surface area contributed by atoms with E-state index in [1.54, 1.807) is 11.8 Å². The monoisotopic (exact) mass is 395 g/mol. The summed E-state index contributed by atoms with van der Waals surface area (Å²) < 4.78 is 0. The van der Waals surface area contributed by atoms with E-state index in [4.69, 9.17) is 11.5 Å². The van der Waals surface area contributed by atoms with Crippen LogP contribution in [-0.4, -0.2) is 52.2 Å². The van der Waals surface area contributed by atoms with Gasteiger partial charge in [0.15, 0.2) is 5.96 Å². The number of thioether (sulfide) groups is 1. The van der Waals surface area contributed by atoms with E-state index in [-0.39, 0.29) is 11.5 Å². The molecular formula is C16H25N7OS2. The Morgan fingerprint density at radius 3 is 2.77 bits per heavy atom. The van der Waals surface area contributed by atoms with Crippen molar-refractivity contribution in [1.82, 2.24) is 19.9 Å². The van der Waals surface area contributed by atoms with Crippen LogP contribution in [0.3, 0.4) is 0 Å². The van der Waals surface area contributed by atoms with E-state index in [1.165, 1.54) is 11.3 Å². The lowest BCUT2D eigenvalue weighted by molar-refractivity contribution is 0.412. The predicted molar refractivity (Wildman–Crippen MR) is 109 cm³/mol. The van der Waals surface area contributed by atoms with Crippen LogP contribution in [0.4, 0.5) is 5.13 Å². The van der Waals surface area contributed by atoms with Crippen molar-refractivity contribution >= 4 is 34.2 Å². The molecule has 0 spiro atoms. The van der Waals surface area contributed by atoms with Crippen LogP contribution in [0.5, 0.6) is 0 Å². The van der Waals surface area contributed by atoms with Crippen molar-refractivity contribution in [3.05, 3.63) is 38.5 Å². The maximum atomic E-state index is 12.3. The van der Waals surface area contributed by atoms with Gasteiger partial charge in [-0.15, -0.1) is 11.3 Å². The van der Waals surface area contributed by atoms with Crippen molar-refractivity contribution in [3.8, 4) is 0 Å². The fraction of sp³-hybridized carbons (Fsp3) is 0.500. The van der Waals surface area contributed by atoms with E-state index in [0.29, 0.717) is 18.0 Å². The highest BCUT2D eigenvalue weighted by Crippen LogP contribution is 2.21. The summed E-state index contributed by atoms with van der Waals surface area (Å²) in [5.41, 5.74) is 13.2. The number of nitrogens with two attached hydrogens (primary N) is 2. The molecule has 0 aliphatic carbocycles. The molecule has 142 valence electrons. The first-order valence-electron chi connectivity index (χ1n) is 8.20. The molecule has 26 heavy (non-hydrogen) atoms.